The number of hydrogen-bond donors (Lipinski definition) is 2. The van der Waals surface area contributed by atoms with Gasteiger partial charge in [0, 0.05) is 55.5 Å². The standard InChI is InChI=1S/C23H28Cl2N4O2/c1-13-8-19-17(11-29(13)20(30)12-31-3)21-16(10-18(24)22(25)23(21)27-19)14-6-4-5-7-15(9-14)28(2)26/h6,9-10,13,27H,4-5,7-8,11-12,26H2,1-3H3/t13-/m1/s1. The van der Waals surface area contributed by atoms with Gasteiger partial charge >= 0.3 is 0 Å². The van der Waals surface area contributed by atoms with E-state index in [1.165, 1.54) is 0 Å². The number of fused-ring (bicyclic) bond motifs is 3. The number of H-pyrrole nitrogens is 1. The van der Waals surface area contributed by atoms with Gasteiger partial charge in [-0.1, -0.05) is 29.3 Å². The third-order valence-corrected chi connectivity index (χ3v) is 6.98. The van der Waals surface area contributed by atoms with Gasteiger partial charge in [0.2, 0.25) is 5.91 Å². The molecular formula is C23H28Cl2N4O2. The van der Waals surface area contributed by atoms with E-state index in [0.717, 1.165) is 64.7 Å². The second-order valence-electron chi connectivity index (χ2n) is 8.36. The maximum Gasteiger partial charge on any atom is 0.249 e. The molecule has 0 spiro atoms. The summed E-state index contributed by atoms with van der Waals surface area (Å²) in [6, 6.07) is 2.00. The maximum absolute atomic E-state index is 12.7. The molecule has 1 aromatic carbocycles. The molecule has 0 bridgehead atoms. The van der Waals surface area contributed by atoms with E-state index in [0.29, 0.717) is 16.6 Å². The van der Waals surface area contributed by atoms with Crippen molar-refractivity contribution in [1.82, 2.24) is 14.9 Å². The van der Waals surface area contributed by atoms with Crippen molar-refractivity contribution in [1.29, 1.82) is 0 Å². The average molecular weight is 463 g/mol. The van der Waals surface area contributed by atoms with Gasteiger partial charge in [-0.15, -0.1) is 0 Å². The van der Waals surface area contributed by atoms with Gasteiger partial charge in [0.1, 0.15) is 6.61 Å². The van der Waals surface area contributed by atoms with Crippen molar-refractivity contribution >= 4 is 45.6 Å². The molecule has 2 heterocycles. The normalized spacial score (nSPS) is 19.0. The second-order valence-corrected chi connectivity index (χ2v) is 9.14. The molecule has 0 saturated heterocycles. The minimum absolute atomic E-state index is 0.0165. The summed E-state index contributed by atoms with van der Waals surface area (Å²) in [6.07, 6.45) is 7.98. The first kappa shape index (κ1) is 22.2. The van der Waals surface area contributed by atoms with Crippen LogP contribution in [0.5, 0.6) is 0 Å². The molecule has 0 unspecified atom stereocenters. The summed E-state index contributed by atoms with van der Waals surface area (Å²) in [4.78, 5) is 18.0. The van der Waals surface area contributed by atoms with Crippen LogP contribution in [0.3, 0.4) is 0 Å². The number of amides is 1. The molecule has 2 aliphatic rings. The number of carbonyl (C=O) groups is 1. The first-order chi connectivity index (χ1) is 14.8. The van der Waals surface area contributed by atoms with Crippen LogP contribution < -0.4 is 5.84 Å². The molecule has 166 valence electrons. The lowest BCUT2D eigenvalue weighted by Gasteiger charge is -2.33. The molecule has 2 aromatic rings. The summed E-state index contributed by atoms with van der Waals surface area (Å²) in [5, 5.41) is 3.71. The number of ether oxygens (including phenoxy) is 1. The molecule has 4 rings (SSSR count). The molecule has 0 radical (unpaired) electrons. The predicted octanol–water partition coefficient (Wildman–Crippen LogP) is 4.65. The summed E-state index contributed by atoms with van der Waals surface area (Å²) >= 11 is 13.2. The smallest absolute Gasteiger partial charge is 0.249 e. The maximum atomic E-state index is 12.7. The van der Waals surface area contributed by atoms with Crippen molar-refractivity contribution in [2.24, 2.45) is 5.84 Å². The minimum atomic E-state index is -0.0165. The first-order valence-electron chi connectivity index (χ1n) is 10.5. The molecule has 0 saturated carbocycles. The lowest BCUT2D eigenvalue weighted by molar-refractivity contribution is -0.138. The van der Waals surface area contributed by atoms with Crippen LogP contribution in [-0.4, -0.2) is 47.6 Å². The summed E-state index contributed by atoms with van der Waals surface area (Å²) in [5.41, 5.74) is 6.16. The molecule has 0 fully saturated rings. The number of hydrogen-bond acceptors (Lipinski definition) is 4. The monoisotopic (exact) mass is 462 g/mol. The van der Waals surface area contributed by atoms with Gasteiger partial charge in [-0.3, -0.25) is 4.79 Å². The Morgan fingerprint density at radius 2 is 2.19 bits per heavy atom. The van der Waals surface area contributed by atoms with Crippen molar-refractivity contribution < 1.29 is 9.53 Å². The zero-order valence-corrected chi connectivity index (χ0v) is 19.6. The number of methoxy groups -OCH3 is 1. The van der Waals surface area contributed by atoms with Crippen molar-refractivity contribution in [3.63, 3.8) is 0 Å². The number of allylic oxidation sites excluding steroid dienone is 4. The zero-order chi connectivity index (χ0) is 22.3. The van der Waals surface area contributed by atoms with Crippen LogP contribution in [0, 0.1) is 0 Å². The van der Waals surface area contributed by atoms with Gasteiger partial charge in [0.05, 0.1) is 15.6 Å². The highest BCUT2D eigenvalue weighted by molar-refractivity contribution is 6.45. The Kier molecular flexibility index (Phi) is 6.35. The highest BCUT2D eigenvalue weighted by Gasteiger charge is 2.31. The van der Waals surface area contributed by atoms with E-state index in [2.05, 4.69) is 24.1 Å². The Labute approximate surface area is 192 Å². The quantitative estimate of drug-likeness (QED) is 0.511. The Hall–Kier alpha value is -1.99. The van der Waals surface area contributed by atoms with E-state index >= 15 is 0 Å². The second kappa shape index (κ2) is 8.87. The van der Waals surface area contributed by atoms with E-state index in [4.69, 9.17) is 33.8 Å². The van der Waals surface area contributed by atoms with Crippen LogP contribution in [0.4, 0.5) is 0 Å². The summed E-state index contributed by atoms with van der Waals surface area (Å²) in [6.45, 7) is 2.63. The molecule has 8 heteroatoms. The van der Waals surface area contributed by atoms with Gasteiger partial charge in [-0.25, -0.2) is 5.84 Å². The molecular weight excluding hydrogens is 435 g/mol. The number of hydrazine groups is 1. The number of aromatic nitrogens is 1. The SMILES string of the molecule is COCC(=O)N1Cc2c([nH]c3c(Cl)c(Cl)cc(C4=CCCCC(N(C)N)=C4)c23)C[C@H]1C. The number of rotatable bonds is 4. The average Bonchev–Trinajstić information content (AvgIpc) is 2.91. The van der Waals surface area contributed by atoms with Gasteiger partial charge in [0.25, 0.3) is 0 Å². The fourth-order valence-electron chi connectivity index (χ4n) is 4.60. The van der Waals surface area contributed by atoms with Crippen LogP contribution >= 0.6 is 23.2 Å². The summed E-state index contributed by atoms with van der Waals surface area (Å²) < 4.78 is 5.09. The number of nitrogens with two attached hydrogens (primary N) is 1. The number of carbonyl (C=O) groups excluding carboxylic acids is 1. The van der Waals surface area contributed by atoms with Gasteiger partial charge in [-0.05, 0) is 49.5 Å². The van der Waals surface area contributed by atoms with E-state index in [-0.39, 0.29) is 18.6 Å². The van der Waals surface area contributed by atoms with E-state index in [9.17, 15) is 4.79 Å². The number of halogens is 2. The number of nitrogens with zero attached hydrogens (tertiary/aromatic N) is 2. The molecule has 1 aliphatic carbocycles. The Bertz CT molecular complexity index is 1090. The third-order valence-electron chi connectivity index (χ3n) is 6.20. The van der Waals surface area contributed by atoms with E-state index < -0.39 is 0 Å². The van der Waals surface area contributed by atoms with Gasteiger partial charge in [-0.2, -0.15) is 0 Å². The van der Waals surface area contributed by atoms with Crippen LogP contribution in [0.2, 0.25) is 10.0 Å². The van der Waals surface area contributed by atoms with Crippen LogP contribution in [-0.2, 0) is 22.5 Å². The van der Waals surface area contributed by atoms with E-state index in [1.807, 2.05) is 18.0 Å². The Morgan fingerprint density at radius 3 is 2.90 bits per heavy atom. The molecule has 1 atom stereocenters. The minimum Gasteiger partial charge on any atom is -0.375 e. The third kappa shape index (κ3) is 4.10. The topological polar surface area (TPSA) is 74.6 Å². The summed E-state index contributed by atoms with van der Waals surface area (Å²) in [5.74, 6) is 6.04. The molecule has 3 N–H and O–H groups in total. The first-order valence-corrected chi connectivity index (χ1v) is 11.3. The zero-order valence-electron chi connectivity index (χ0n) is 18.1. The van der Waals surface area contributed by atoms with E-state index in [1.54, 1.807) is 12.1 Å². The van der Waals surface area contributed by atoms with Crippen molar-refractivity contribution in [3.05, 3.63) is 50.8 Å². The van der Waals surface area contributed by atoms with Gasteiger partial charge in [0.15, 0.2) is 0 Å². The van der Waals surface area contributed by atoms with Crippen LogP contribution in [0.1, 0.15) is 43.0 Å². The number of aromatic amines is 1. The lowest BCUT2D eigenvalue weighted by Crippen LogP contribution is -2.44. The molecule has 1 amide bonds. The van der Waals surface area contributed by atoms with Crippen molar-refractivity contribution in [3.8, 4) is 0 Å². The highest BCUT2D eigenvalue weighted by atomic mass is 35.5. The van der Waals surface area contributed by atoms with Crippen LogP contribution in [0.15, 0.2) is 23.9 Å². The Morgan fingerprint density at radius 1 is 1.42 bits per heavy atom. The fraction of sp³-hybridized carbons (Fsp3) is 0.435. The largest absolute Gasteiger partial charge is 0.375 e. The van der Waals surface area contributed by atoms with Crippen LogP contribution in [0.25, 0.3) is 16.5 Å². The fourth-order valence-corrected chi connectivity index (χ4v) is 5.00. The molecule has 1 aliphatic heterocycles. The highest BCUT2D eigenvalue weighted by Crippen LogP contribution is 2.42. The van der Waals surface area contributed by atoms with Crippen molar-refractivity contribution in [2.45, 2.75) is 45.2 Å². The lowest BCUT2D eigenvalue weighted by atomic mass is 9.93. The van der Waals surface area contributed by atoms with Crippen molar-refractivity contribution in [2.75, 3.05) is 20.8 Å². The Balaban J connectivity index is 1.90. The summed E-state index contributed by atoms with van der Waals surface area (Å²) in [7, 11) is 3.40. The molecule has 1 aromatic heterocycles. The molecule has 6 nitrogen and oxygen atoms in total. The predicted molar refractivity (Wildman–Crippen MR) is 126 cm³/mol. The molecule has 31 heavy (non-hydrogen) atoms. The van der Waals surface area contributed by atoms with Gasteiger partial charge < -0.3 is 19.6 Å². The number of nitrogens with one attached hydrogen (secondary N) is 1. The number of benzene rings is 1.